The summed E-state index contributed by atoms with van der Waals surface area (Å²) >= 11 is 0. The SMILES string of the molecule is NC(=O)Nc1cccc(NC(=O)C2CCC3CN2C(=O)N3OS(=O)(=O)O)c1. The lowest BCUT2D eigenvalue weighted by Gasteiger charge is -2.29. The van der Waals surface area contributed by atoms with Crippen molar-refractivity contribution in [3.8, 4) is 0 Å². The van der Waals surface area contributed by atoms with Gasteiger partial charge in [0, 0.05) is 17.9 Å². The smallest absolute Gasteiger partial charge is 0.351 e. The Morgan fingerprint density at radius 1 is 1.22 bits per heavy atom. The largest absolute Gasteiger partial charge is 0.418 e. The van der Waals surface area contributed by atoms with E-state index in [1.54, 1.807) is 18.2 Å². The first-order valence-corrected chi connectivity index (χ1v) is 9.25. The lowest BCUT2D eigenvalue weighted by Crippen LogP contribution is -2.47. The van der Waals surface area contributed by atoms with Crippen molar-refractivity contribution in [2.75, 3.05) is 17.2 Å². The van der Waals surface area contributed by atoms with Gasteiger partial charge in [-0.15, -0.1) is 4.28 Å². The normalized spacial score (nSPS) is 21.9. The second-order valence-electron chi connectivity index (χ2n) is 6.07. The number of nitrogens with one attached hydrogen (secondary N) is 2. The number of piperidine rings is 1. The van der Waals surface area contributed by atoms with Crippen LogP contribution in [-0.4, -0.2) is 59.5 Å². The number of rotatable bonds is 5. The number of nitrogens with zero attached hydrogens (tertiary/aromatic N) is 2. The van der Waals surface area contributed by atoms with Gasteiger partial charge in [0.05, 0.1) is 6.04 Å². The lowest BCUT2D eigenvalue weighted by atomic mass is 10.0. The van der Waals surface area contributed by atoms with Gasteiger partial charge in [0.15, 0.2) is 0 Å². The standard InChI is InChI=1S/C14H17N5O7S/c15-13(21)17-9-3-1-2-8(6-9)16-12(20)11-5-4-10-7-18(11)14(22)19(10)26-27(23,24)25/h1-3,6,10-11H,4-5,7H2,(H,16,20)(H3,15,17,21)(H,23,24,25). The fourth-order valence-electron chi connectivity index (χ4n) is 3.15. The molecule has 13 heteroatoms. The molecule has 2 aliphatic rings. The van der Waals surface area contributed by atoms with Crippen LogP contribution in [-0.2, 0) is 19.5 Å². The Bertz CT molecular complexity index is 890. The van der Waals surface area contributed by atoms with Gasteiger partial charge in [-0.05, 0) is 31.0 Å². The number of urea groups is 2. The molecule has 12 nitrogen and oxygen atoms in total. The van der Waals surface area contributed by atoms with E-state index in [1.165, 1.54) is 11.0 Å². The Labute approximate surface area is 154 Å². The van der Waals surface area contributed by atoms with Gasteiger partial charge in [0.2, 0.25) is 5.91 Å². The second-order valence-corrected chi connectivity index (χ2v) is 7.07. The van der Waals surface area contributed by atoms with Crippen molar-refractivity contribution in [1.82, 2.24) is 9.96 Å². The zero-order valence-electron chi connectivity index (χ0n) is 13.9. The van der Waals surface area contributed by atoms with Crippen LogP contribution >= 0.6 is 0 Å². The molecule has 27 heavy (non-hydrogen) atoms. The molecule has 2 heterocycles. The van der Waals surface area contributed by atoms with Gasteiger partial charge in [0.1, 0.15) is 6.04 Å². The molecule has 2 atom stereocenters. The van der Waals surface area contributed by atoms with Gasteiger partial charge < -0.3 is 21.3 Å². The zero-order valence-corrected chi connectivity index (χ0v) is 14.7. The molecular formula is C14H17N5O7S. The third kappa shape index (κ3) is 4.27. The molecule has 5 amide bonds. The van der Waals surface area contributed by atoms with E-state index >= 15 is 0 Å². The lowest BCUT2D eigenvalue weighted by molar-refractivity contribution is -0.120. The molecule has 0 saturated carbocycles. The van der Waals surface area contributed by atoms with Gasteiger partial charge in [0.25, 0.3) is 0 Å². The number of nitrogens with two attached hydrogens (primary N) is 1. The van der Waals surface area contributed by atoms with E-state index in [-0.39, 0.29) is 13.0 Å². The summed E-state index contributed by atoms with van der Waals surface area (Å²) in [5.74, 6) is -0.480. The predicted molar refractivity (Wildman–Crippen MR) is 91.7 cm³/mol. The summed E-state index contributed by atoms with van der Waals surface area (Å²) in [4.78, 5) is 37.0. The number of amides is 5. The molecule has 3 rings (SSSR count). The minimum absolute atomic E-state index is 0.0930. The van der Waals surface area contributed by atoms with Crippen LogP contribution in [0.4, 0.5) is 21.0 Å². The number of hydroxylamine groups is 2. The van der Waals surface area contributed by atoms with Crippen LogP contribution in [0.15, 0.2) is 24.3 Å². The number of fused-ring (bicyclic) bond motifs is 2. The number of hydrogen-bond donors (Lipinski definition) is 4. The average molecular weight is 399 g/mol. The Hall–Kier alpha value is -2.90. The van der Waals surface area contributed by atoms with Crippen molar-refractivity contribution in [3.05, 3.63) is 24.3 Å². The van der Waals surface area contributed by atoms with E-state index in [0.717, 1.165) is 0 Å². The minimum atomic E-state index is -4.85. The van der Waals surface area contributed by atoms with E-state index in [4.69, 9.17) is 10.3 Å². The third-order valence-electron chi connectivity index (χ3n) is 4.20. The first kappa shape index (κ1) is 18.9. The van der Waals surface area contributed by atoms with E-state index in [1.807, 2.05) is 0 Å². The second kappa shape index (κ2) is 7.02. The number of carbonyl (C=O) groups excluding carboxylic acids is 3. The van der Waals surface area contributed by atoms with Gasteiger partial charge in [-0.2, -0.15) is 13.5 Å². The summed E-state index contributed by atoms with van der Waals surface area (Å²) in [6.07, 6.45) is 0.603. The average Bonchev–Trinajstić information content (AvgIpc) is 2.78. The number of primary amides is 1. The maximum atomic E-state index is 12.6. The van der Waals surface area contributed by atoms with Gasteiger partial charge in [-0.25, -0.2) is 9.59 Å². The molecule has 5 N–H and O–H groups in total. The molecule has 0 spiro atoms. The molecule has 2 unspecified atom stereocenters. The van der Waals surface area contributed by atoms with Crippen LogP contribution in [0.5, 0.6) is 0 Å². The molecule has 2 fully saturated rings. The third-order valence-corrected chi connectivity index (χ3v) is 4.55. The summed E-state index contributed by atoms with van der Waals surface area (Å²) < 4.78 is 34.9. The van der Waals surface area contributed by atoms with Crippen LogP contribution in [0.25, 0.3) is 0 Å². The Morgan fingerprint density at radius 2 is 1.89 bits per heavy atom. The number of anilines is 2. The molecule has 1 aromatic carbocycles. The topological polar surface area (TPSA) is 171 Å². The van der Waals surface area contributed by atoms with E-state index in [0.29, 0.717) is 22.9 Å². The summed E-state index contributed by atoms with van der Waals surface area (Å²) in [6.45, 7) is 0.0930. The Balaban J connectivity index is 1.70. The zero-order chi connectivity index (χ0) is 19.8. The van der Waals surface area contributed by atoms with Crippen molar-refractivity contribution in [3.63, 3.8) is 0 Å². The summed E-state index contributed by atoms with van der Waals surface area (Å²) in [6, 6.07) is 3.28. The first-order chi connectivity index (χ1) is 12.6. The van der Waals surface area contributed by atoms with Crippen molar-refractivity contribution in [2.24, 2.45) is 5.73 Å². The molecule has 2 bridgehead atoms. The van der Waals surface area contributed by atoms with Crippen molar-refractivity contribution in [2.45, 2.75) is 24.9 Å². The predicted octanol–water partition coefficient (Wildman–Crippen LogP) is 0.119. The summed E-state index contributed by atoms with van der Waals surface area (Å²) in [7, 11) is -4.85. The summed E-state index contributed by atoms with van der Waals surface area (Å²) in [5, 5.41) is 5.59. The van der Waals surface area contributed by atoms with Gasteiger partial charge in [-0.3, -0.25) is 9.35 Å². The maximum Gasteiger partial charge on any atom is 0.418 e. The fourth-order valence-corrected chi connectivity index (χ4v) is 3.54. The van der Waals surface area contributed by atoms with Crippen LogP contribution in [0.1, 0.15) is 12.8 Å². The van der Waals surface area contributed by atoms with Gasteiger partial charge >= 0.3 is 22.5 Å². The highest BCUT2D eigenvalue weighted by atomic mass is 32.3. The Kier molecular flexibility index (Phi) is 4.91. The van der Waals surface area contributed by atoms with Crippen molar-refractivity contribution >= 4 is 39.7 Å². The van der Waals surface area contributed by atoms with Crippen LogP contribution in [0.3, 0.4) is 0 Å². The highest BCUT2D eigenvalue weighted by molar-refractivity contribution is 7.80. The molecule has 0 aliphatic carbocycles. The molecule has 2 saturated heterocycles. The number of carbonyl (C=O) groups is 3. The molecule has 146 valence electrons. The highest BCUT2D eigenvalue weighted by Crippen LogP contribution is 2.31. The Morgan fingerprint density at radius 3 is 2.52 bits per heavy atom. The number of hydrogen-bond acceptors (Lipinski definition) is 6. The molecule has 2 aliphatic heterocycles. The van der Waals surface area contributed by atoms with E-state index in [2.05, 4.69) is 14.9 Å². The fraction of sp³-hybridized carbons (Fsp3) is 0.357. The van der Waals surface area contributed by atoms with Crippen LogP contribution < -0.4 is 16.4 Å². The van der Waals surface area contributed by atoms with Crippen molar-refractivity contribution < 1.29 is 31.6 Å². The molecule has 0 aromatic heterocycles. The number of benzene rings is 1. The molecule has 1 aromatic rings. The van der Waals surface area contributed by atoms with E-state index < -0.39 is 40.5 Å². The molecular weight excluding hydrogens is 382 g/mol. The minimum Gasteiger partial charge on any atom is -0.351 e. The summed E-state index contributed by atoms with van der Waals surface area (Å²) in [5.41, 5.74) is 5.81. The monoisotopic (exact) mass is 399 g/mol. The maximum absolute atomic E-state index is 12.6. The molecule has 0 radical (unpaired) electrons. The van der Waals surface area contributed by atoms with Crippen LogP contribution in [0, 0.1) is 0 Å². The highest BCUT2D eigenvalue weighted by Gasteiger charge is 2.49. The first-order valence-electron chi connectivity index (χ1n) is 7.88. The van der Waals surface area contributed by atoms with Gasteiger partial charge in [-0.1, -0.05) is 6.07 Å². The van der Waals surface area contributed by atoms with Crippen LogP contribution in [0.2, 0.25) is 0 Å². The quantitative estimate of drug-likeness (QED) is 0.509. The van der Waals surface area contributed by atoms with Crippen molar-refractivity contribution in [1.29, 1.82) is 0 Å². The van der Waals surface area contributed by atoms with E-state index in [9.17, 15) is 22.8 Å².